The lowest BCUT2D eigenvalue weighted by Gasteiger charge is -2.07. The largest absolute Gasteiger partial charge is 0.467 e. The van der Waals surface area contributed by atoms with E-state index in [0.29, 0.717) is 12.0 Å². The summed E-state index contributed by atoms with van der Waals surface area (Å²) in [5.41, 5.74) is 9.33. The summed E-state index contributed by atoms with van der Waals surface area (Å²) in [5.74, 6) is 0.168. The van der Waals surface area contributed by atoms with Gasteiger partial charge in [0.25, 0.3) is 0 Å². The molecule has 0 amide bonds. The zero-order valence-electron chi connectivity index (χ0n) is 10.7. The second-order valence-electron chi connectivity index (χ2n) is 4.55. The molecule has 0 spiro atoms. The van der Waals surface area contributed by atoms with Gasteiger partial charge in [-0.3, -0.25) is 4.79 Å². The van der Waals surface area contributed by atoms with Crippen LogP contribution < -0.4 is 5.73 Å². The van der Waals surface area contributed by atoms with E-state index < -0.39 is 6.10 Å². The summed E-state index contributed by atoms with van der Waals surface area (Å²) in [6.45, 7) is 7.57. The number of aryl methyl sites for hydroxylation is 2. The number of benzene rings is 1. The van der Waals surface area contributed by atoms with Crippen molar-refractivity contribution in [3.05, 3.63) is 53.4 Å². The van der Waals surface area contributed by atoms with Gasteiger partial charge in [-0.15, -0.1) is 6.58 Å². The first kappa shape index (κ1) is 12.4. The Morgan fingerprint density at radius 3 is 2.83 bits per heavy atom. The smallest absolute Gasteiger partial charge is 0.209 e. The molecule has 1 aromatic rings. The minimum Gasteiger partial charge on any atom is -0.467 e. The first-order valence-electron chi connectivity index (χ1n) is 5.93. The van der Waals surface area contributed by atoms with Crippen LogP contribution in [0, 0.1) is 13.8 Å². The third kappa shape index (κ3) is 2.04. The van der Waals surface area contributed by atoms with Crippen molar-refractivity contribution >= 4 is 11.4 Å². The summed E-state index contributed by atoms with van der Waals surface area (Å²) >= 11 is 0. The Kier molecular flexibility index (Phi) is 3.24. The number of carbonyl (C=O) groups excluding carboxylic acids is 1. The highest BCUT2D eigenvalue weighted by Crippen LogP contribution is 2.31. The van der Waals surface area contributed by atoms with Crippen LogP contribution in [0.25, 0.3) is 5.57 Å². The van der Waals surface area contributed by atoms with Gasteiger partial charge in [-0.2, -0.15) is 0 Å². The highest BCUT2D eigenvalue weighted by Gasteiger charge is 2.34. The molecule has 2 N–H and O–H groups in total. The molecule has 1 unspecified atom stereocenters. The van der Waals surface area contributed by atoms with Crippen molar-refractivity contribution in [3.8, 4) is 0 Å². The lowest BCUT2D eigenvalue weighted by atomic mass is 9.94. The van der Waals surface area contributed by atoms with Gasteiger partial charge in [0.1, 0.15) is 0 Å². The zero-order valence-corrected chi connectivity index (χ0v) is 10.7. The predicted octanol–water partition coefficient (Wildman–Crippen LogP) is 2.47. The van der Waals surface area contributed by atoms with Gasteiger partial charge in [0.05, 0.1) is 5.57 Å². The summed E-state index contributed by atoms with van der Waals surface area (Å²) in [7, 11) is 0. The van der Waals surface area contributed by atoms with Crippen LogP contribution in [0.4, 0.5) is 0 Å². The standard InChI is InChI=1S/C15H17NO2/c1-4-5-12-14(17)13(15(16)18-12)11-8-9(2)6-7-10(11)3/h4,6-8,12H,1,5,16H2,2-3H3. The number of carbonyl (C=O) groups is 1. The van der Waals surface area contributed by atoms with Crippen molar-refractivity contribution in [2.45, 2.75) is 26.4 Å². The summed E-state index contributed by atoms with van der Waals surface area (Å²) in [6, 6.07) is 5.96. The highest BCUT2D eigenvalue weighted by atomic mass is 16.5. The number of ketones is 1. The van der Waals surface area contributed by atoms with Gasteiger partial charge in [-0.05, 0) is 25.0 Å². The lowest BCUT2D eigenvalue weighted by Crippen LogP contribution is -2.17. The Morgan fingerprint density at radius 1 is 1.44 bits per heavy atom. The van der Waals surface area contributed by atoms with Crippen LogP contribution in [0.5, 0.6) is 0 Å². The minimum atomic E-state index is -0.516. The molecule has 0 saturated carbocycles. The molecule has 1 atom stereocenters. The van der Waals surface area contributed by atoms with Crippen molar-refractivity contribution in [1.82, 2.24) is 0 Å². The maximum Gasteiger partial charge on any atom is 0.209 e. The second kappa shape index (κ2) is 4.69. The molecule has 1 aromatic carbocycles. The van der Waals surface area contributed by atoms with Crippen molar-refractivity contribution in [1.29, 1.82) is 0 Å². The Morgan fingerprint density at radius 2 is 2.17 bits per heavy atom. The first-order valence-corrected chi connectivity index (χ1v) is 5.93. The van der Waals surface area contributed by atoms with Crippen LogP contribution in [0.3, 0.4) is 0 Å². The number of hydrogen-bond acceptors (Lipinski definition) is 3. The van der Waals surface area contributed by atoms with E-state index >= 15 is 0 Å². The maximum atomic E-state index is 12.3. The number of ether oxygens (including phenoxy) is 1. The summed E-state index contributed by atoms with van der Waals surface area (Å²) < 4.78 is 5.41. The van der Waals surface area contributed by atoms with Crippen molar-refractivity contribution < 1.29 is 9.53 Å². The maximum absolute atomic E-state index is 12.3. The SMILES string of the molecule is C=CCC1OC(N)=C(c2cc(C)ccc2C)C1=O. The van der Waals surface area contributed by atoms with E-state index in [9.17, 15) is 4.79 Å². The number of nitrogens with two attached hydrogens (primary N) is 1. The lowest BCUT2D eigenvalue weighted by molar-refractivity contribution is -0.119. The van der Waals surface area contributed by atoms with Crippen molar-refractivity contribution in [2.75, 3.05) is 0 Å². The van der Waals surface area contributed by atoms with Crippen LogP contribution >= 0.6 is 0 Å². The Hall–Kier alpha value is -2.03. The molecule has 94 valence electrons. The van der Waals surface area contributed by atoms with Gasteiger partial charge in [-0.1, -0.05) is 29.8 Å². The Labute approximate surface area is 107 Å². The molecule has 1 aliphatic heterocycles. The molecule has 2 rings (SSSR count). The van der Waals surface area contributed by atoms with Crippen LogP contribution in [0.1, 0.15) is 23.1 Å². The summed E-state index contributed by atoms with van der Waals surface area (Å²) in [6.07, 6.45) is 1.63. The zero-order chi connectivity index (χ0) is 13.3. The van der Waals surface area contributed by atoms with Gasteiger partial charge in [0.2, 0.25) is 5.78 Å². The molecule has 1 heterocycles. The van der Waals surface area contributed by atoms with Crippen LogP contribution in [0.2, 0.25) is 0 Å². The quantitative estimate of drug-likeness (QED) is 0.830. The molecule has 3 nitrogen and oxygen atoms in total. The highest BCUT2D eigenvalue weighted by molar-refractivity contribution is 6.25. The van der Waals surface area contributed by atoms with Crippen molar-refractivity contribution in [3.63, 3.8) is 0 Å². The average Bonchev–Trinajstić information content (AvgIpc) is 2.59. The summed E-state index contributed by atoms with van der Waals surface area (Å²) in [5, 5.41) is 0. The van der Waals surface area contributed by atoms with E-state index in [2.05, 4.69) is 6.58 Å². The third-order valence-electron chi connectivity index (χ3n) is 3.10. The Bertz CT molecular complexity index is 543. The molecular weight excluding hydrogens is 226 g/mol. The Balaban J connectivity index is 2.44. The number of rotatable bonds is 3. The van der Waals surface area contributed by atoms with Gasteiger partial charge in [-0.25, -0.2) is 0 Å². The third-order valence-corrected chi connectivity index (χ3v) is 3.10. The molecule has 0 radical (unpaired) electrons. The fourth-order valence-corrected chi connectivity index (χ4v) is 2.13. The predicted molar refractivity (Wildman–Crippen MR) is 71.7 cm³/mol. The second-order valence-corrected chi connectivity index (χ2v) is 4.55. The van der Waals surface area contributed by atoms with Crippen LogP contribution in [0.15, 0.2) is 36.7 Å². The van der Waals surface area contributed by atoms with Crippen LogP contribution in [-0.2, 0) is 9.53 Å². The molecule has 0 saturated heterocycles. The molecule has 1 aliphatic rings. The van der Waals surface area contributed by atoms with E-state index in [4.69, 9.17) is 10.5 Å². The van der Waals surface area contributed by atoms with E-state index in [1.807, 2.05) is 32.0 Å². The summed E-state index contributed by atoms with van der Waals surface area (Å²) in [4.78, 5) is 12.3. The molecule has 0 aliphatic carbocycles. The fourth-order valence-electron chi connectivity index (χ4n) is 2.13. The van der Waals surface area contributed by atoms with Gasteiger partial charge in [0.15, 0.2) is 12.0 Å². The van der Waals surface area contributed by atoms with E-state index in [0.717, 1.165) is 16.7 Å². The van der Waals surface area contributed by atoms with Crippen molar-refractivity contribution in [2.24, 2.45) is 5.73 Å². The first-order chi connectivity index (χ1) is 8.54. The molecular formula is C15H17NO2. The van der Waals surface area contributed by atoms with Gasteiger partial charge in [0, 0.05) is 6.42 Å². The topological polar surface area (TPSA) is 52.3 Å². The van der Waals surface area contributed by atoms with E-state index in [1.165, 1.54) is 0 Å². The molecule has 0 aromatic heterocycles. The fraction of sp³-hybridized carbons (Fsp3) is 0.267. The van der Waals surface area contributed by atoms with E-state index in [1.54, 1.807) is 6.08 Å². The monoisotopic (exact) mass is 243 g/mol. The number of hydrogen-bond donors (Lipinski definition) is 1. The van der Waals surface area contributed by atoms with Gasteiger partial charge < -0.3 is 10.5 Å². The minimum absolute atomic E-state index is 0.0545. The van der Waals surface area contributed by atoms with E-state index in [-0.39, 0.29) is 11.7 Å². The van der Waals surface area contributed by atoms with Crippen LogP contribution in [-0.4, -0.2) is 11.9 Å². The molecule has 18 heavy (non-hydrogen) atoms. The molecule has 0 fully saturated rings. The molecule has 0 bridgehead atoms. The normalized spacial score (nSPS) is 19.0. The van der Waals surface area contributed by atoms with Gasteiger partial charge >= 0.3 is 0 Å². The number of Topliss-reactive ketones (excluding diaryl/α,β-unsaturated/α-hetero) is 1. The average molecular weight is 243 g/mol. The molecule has 3 heteroatoms.